The van der Waals surface area contributed by atoms with Crippen LogP contribution in [-0.2, 0) is 9.47 Å². The van der Waals surface area contributed by atoms with Gasteiger partial charge in [-0.3, -0.25) is 9.78 Å². The van der Waals surface area contributed by atoms with E-state index in [4.69, 9.17) is 47.4 Å². The number of carbonyl (C=O) groups is 1. The van der Waals surface area contributed by atoms with E-state index >= 15 is 0 Å². The third-order valence-corrected chi connectivity index (χ3v) is 5.25. The van der Waals surface area contributed by atoms with Gasteiger partial charge in [-0.25, -0.2) is 9.59 Å². The van der Waals surface area contributed by atoms with Crippen LogP contribution in [0.1, 0.15) is 58.7 Å². The number of nitrogens with zero attached hydrogens (tertiary/aromatic N) is 5. The summed E-state index contributed by atoms with van der Waals surface area (Å²) in [4.78, 5) is 37.7. The minimum Gasteiger partial charge on any atom is -0.436 e. The van der Waals surface area contributed by atoms with Crippen molar-refractivity contribution < 1.29 is 23.7 Å². The molecule has 15 heteroatoms. The van der Waals surface area contributed by atoms with Crippen LogP contribution in [0.15, 0.2) is 27.8 Å². The van der Waals surface area contributed by atoms with Gasteiger partial charge >= 0.3 is 11.8 Å². The zero-order valence-corrected chi connectivity index (χ0v) is 23.2. The van der Waals surface area contributed by atoms with Gasteiger partial charge in [0.2, 0.25) is 23.7 Å². The number of benzene rings is 1. The minimum atomic E-state index is -1.03. The average Bonchev–Trinajstić information content (AvgIpc) is 2.80. The Morgan fingerprint density at radius 3 is 2.31 bits per heavy atom. The van der Waals surface area contributed by atoms with Gasteiger partial charge in [0, 0.05) is 18.6 Å². The topological polar surface area (TPSA) is 171 Å². The van der Waals surface area contributed by atoms with Gasteiger partial charge in [0.25, 0.3) is 5.56 Å². The molecule has 0 aliphatic rings. The zero-order chi connectivity index (χ0) is 29.1. The molecule has 2 aromatic heterocycles. The highest BCUT2D eigenvalue weighted by molar-refractivity contribution is 6.37. The Balaban J connectivity index is 1.86. The maximum atomic E-state index is 12.2. The molecule has 1 aromatic carbocycles. The number of halogens is 2. The Bertz CT molecular complexity index is 1530. The van der Waals surface area contributed by atoms with Gasteiger partial charge in [0.15, 0.2) is 5.75 Å². The van der Waals surface area contributed by atoms with Crippen molar-refractivity contribution in [1.29, 1.82) is 5.26 Å². The van der Waals surface area contributed by atoms with Crippen molar-refractivity contribution in [1.82, 2.24) is 25.0 Å². The van der Waals surface area contributed by atoms with Crippen LogP contribution in [0.2, 0.25) is 10.0 Å². The lowest BCUT2D eigenvalue weighted by atomic mass is 10.1. The van der Waals surface area contributed by atoms with Gasteiger partial charge in [0.05, 0.1) is 15.7 Å². The molecule has 0 radical (unpaired) electrons. The number of hydrogen-bond donors (Lipinski definition) is 1. The first-order valence-electron chi connectivity index (χ1n) is 11.4. The lowest BCUT2D eigenvalue weighted by Crippen LogP contribution is -2.33. The molecule has 0 amide bonds. The zero-order valence-electron chi connectivity index (χ0n) is 21.7. The van der Waals surface area contributed by atoms with Crippen LogP contribution in [0.5, 0.6) is 17.5 Å². The molecule has 0 aliphatic carbocycles. The van der Waals surface area contributed by atoms with Crippen molar-refractivity contribution in [2.24, 2.45) is 0 Å². The molecule has 13 nitrogen and oxygen atoms in total. The highest BCUT2D eigenvalue weighted by atomic mass is 35.5. The SMILES string of the molecule is CC(OC(=O)OC(C)(C)C)Oc1nnc(Oc2c(Cl)cc(-n3nc(C#N)c(=O)[nH]c3=O)cc2Cl)cc1C(C)C. The number of hydrogen-bond acceptors (Lipinski definition) is 11. The van der Waals surface area contributed by atoms with E-state index in [1.807, 2.05) is 18.8 Å². The molecule has 0 bridgehead atoms. The first-order chi connectivity index (χ1) is 18.2. The predicted molar refractivity (Wildman–Crippen MR) is 139 cm³/mol. The molecule has 0 fully saturated rings. The Hall–Kier alpha value is -4.15. The number of nitriles is 1. The number of rotatable bonds is 7. The number of aromatic amines is 1. The summed E-state index contributed by atoms with van der Waals surface area (Å²) in [5.41, 5.74) is -2.41. The predicted octanol–water partition coefficient (Wildman–Crippen LogP) is 4.48. The quantitative estimate of drug-likeness (QED) is 0.309. The third-order valence-electron chi connectivity index (χ3n) is 4.68. The highest BCUT2D eigenvalue weighted by Crippen LogP contribution is 2.38. The summed E-state index contributed by atoms with van der Waals surface area (Å²) in [6.45, 7) is 10.4. The maximum Gasteiger partial charge on any atom is 0.511 e. The van der Waals surface area contributed by atoms with Crippen molar-refractivity contribution in [3.63, 3.8) is 0 Å². The number of H-pyrrole nitrogens is 1. The van der Waals surface area contributed by atoms with Crippen LogP contribution in [0.4, 0.5) is 4.79 Å². The number of nitrogens with one attached hydrogen (secondary N) is 1. The summed E-state index contributed by atoms with van der Waals surface area (Å²) in [6, 6.07) is 5.76. The minimum absolute atomic E-state index is 0.000588. The van der Waals surface area contributed by atoms with Crippen LogP contribution in [0, 0.1) is 11.3 Å². The molecule has 0 spiro atoms. The van der Waals surface area contributed by atoms with Gasteiger partial charge in [0.1, 0.15) is 11.7 Å². The fourth-order valence-corrected chi connectivity index (χ4v) is 3.59. The fourth-order valence-electron chi connectivity index (χ4n) is 3.04. The van der Waals surface area contributed by atoms with E-state index in [1.54, 1.807) is 32.9 Å². The second-order valence-corrected chi connectivity index (χ2v) is 10.2. The first kappa shape index (κ1) is 29.4. The van der Waals surface area contributed by atoms with Crippen LogP contribution in [-0.4, -0.2) is 43.0 Å². The monoisotopic (exact) mass is 578 g/mol. The van der Waals surface area contributed by atoms with E-state index in [2.05, 4.69) is 15.3 Å². The van der Waals surface area contributed by atoms with Gasteiger partial charge in [-0.05, 0) is 38.8 Å². The van der Waals surface area contributed by atoms with Crippen molar-refractivity contribution in [3.05, 3.63) is 60.3 Å². The van der Waals surface area contributed by atoms with Crippen molar-refractivity contribution in [2.45, 2.75) is 59.4 Å². The summed E-state index contributed by atoms with van der Waals surface area (Å²) >= 11 is 12.7. The number of ether oxygens (including phenoxy) is 4. The van der Waals surface area contributed by atoms with Crippen LogP contribution in [0.25, 0.3) is 5.69 Å². The second-order valence-electron chi connectivity index (χ2n) is 9.34. The van der Waals surface area contributed by atoms with Crippen molar-refractivity contribution in [3.8, 4) is 29.3 Å². The maximum absolute atomic E-state index is 12.2. The lowest BCUT2D eigenvalue weighted by Gasteiger charge is -2.22. The van der Waals surface area contributed by atoms with E-state index in [0.29, 0.717) is 5.56 Å². The average molecular weight is 579 g/mol. The van der Waals surface area contributed by atoms with Crippen molar-refractivity contribution >= 4 is 29.4 Å². The Morgan fingerprint density at radius 2 is 1.74 bits per heavy atom. The molecule has 3 rings (SSSR count). The van der Waals surface area contributed by atoms with E-state index in [0.717, 1.165) is 4.68 Å². The molecule has 1 unspecified atom stereocenters. The highest BCUT2D eigenvalue weighted by Gasteiger charge is 2.23. The molecule has 3 aromatic rings. The largest absolute Gasteiger partial charge is 0.511 e. The normalized spacial score (nSPS) is 12.0. The molecule has 0 aliphatic heterocycles. The fraction of sp³-hybridized carbons (Fsp3) is 0.375. The Kier molecular flexibility index (Phi) is 8.83. The molecular weight excluding hydrogens is 555 g/mol. The van der Waals surface area contributed by atoms with Crippen LogP contribution < -0.4 is 20.7 Å². The molecule has 0 saturated carbocycles. The second kappa shape index (κ2) is 11.7. The summed E-state index contributed by atoms with van der Waals surface area (Å²) in [5, 5.41) is 20.7. The Morgan fingerprint density at radius 1 is 1.10 bits per heavy atom. The summed E-state index contributed by atoms with van der Waals surface area (Å²) in [6.07, 6.45) is -1.92. The Labute approximate surface area is 232 Å². The van der Waals surface area contributed by atoms with E-state index in [-0.39, 0.29) is 39.2 Å². The smallest absolute Gasteiger partial charge is 0.436 e. The lowest BCUT2D eigenvalue weighted by molar-refractivity contribution is -0.0791. The number of aromatic nitrogens is 5. The van der Waals surface area contributed by atoms with Crippen LogP contribution >= 0.6 is 23.2 Å². The molecule has 1 atom stereocenters. The van der Waals surface area contributed by atoms with Gasteiger partial charge in [-0.1, -0.05) is 37.0 Å². The van der Waals surface area contributed by atoms with Gasteiger partial charge < -0.3 is 18.9 Å². The van der Waals surface area contributed by atoms with Crippen LogP contribution in [0.3, 0.4) is 0 Å². The first-order valence-corrected chi connectivity index (χ1v) is 12.2. The molecule has 206 valence electrons. The van der Waals surface area contributed by atoms with E-state index in [1.165, 1.54) is 19.1 Å². The molecular formula is C24H24Cl2N6O7. The summed E-state index contributed by atoms with van der Waals surface area (Å²) < 4.78 is 22.4. The standard InChI is InChI=1S/C24H24Cl2N6O7/c1-11(2)14-9-18(29-30-21(14)36-12(3)37-23(35)39-24(4,5)6)38-19-15(25)7-13(8-16(19)26)32-22(34)28-20(33)17(10-27)31-32/h7-9,11-12H,1-6H3,(H,28,33,34). The number of carbonyl (C=O) groups excluding carboxylic acids is 1. The van der Waals surface area contributed by atoms with Gasteiger partial charge in [-0.2, -0.15) is 9.94 Å². The third kappa shape index (κ3) is 7.46. The van der Waals surface area contributed by atoms with E-state index in [9.17, 15) is 14.4 Å². The van der Waals surface area contributed by atoms with Gasteiger partial charge in [-0.15, -0.1) is 15.3 Å². The van der Waals surface area contributed by atoms with E-state index < -0.39 is 35.0 Å². The molecule has 2 heterocycles. The molecule has 39 heavy (non-hydrogen) atoms. The molecule has 1 N–H and O–H groups in total. The molecule has 0 saturated heterocycles. The summed E-state index contributed by atoms with van der Waals surface area (Å²) in [7, 11) is 0. The summed E-state index contributed by atoms with van der Waals surface area (Å²) in [5.74, 6) is 0.0268. The van der Waals surface area contributed by atoms with Crippen molar-refractivity contribution in [2.75, 3.05) is 0 Å².